The molecule has 0 aromatic carbocycles. The Hall–Kier alpha value is -1.38. The van der Waals surface area contributed by atoms with Gasteiger partial charge in [-0.15, -0.1) is 0 Å². The van der Waals surface area contributed by atoms with Gasteiger partial charge in [0, 0.05) is 13.0 Å². The molecule has 0 aliphatic carbocycles. The Labute approximate surface area is 118 Å². The number of carbonyl (C=O) groups excluding carboxylic acids is 2. The van der Waals surface area contributed by atoms with E-state index in [1.165, 1.54) is 12.2 Å². The van der Waals surface area contributed by atoms with Gasteiger partial charge < -0.3 is 5.32 Å². The van der Waals surface area contributed by atoms with Gasteiger partial charge in [0.05, 0.1) is 0 Å². The Morgan fingerprint density at radius 2 is 1.63 bits per heavy atom. The van der Waals surface area contributed by atoms with Crippen LogP contribution >= 0.6 is 0 Å². The summed E-state index contributed by atoms with van der Waals surface area (Å²) in [5, 5.41) is 2.67. The lowest BCUT2D eigenvalue weighted by molar-refractivity contribution is -0.116. The average molecular weight is 267 g/mol. The first-order valence-corrected chi connectivity index (χ1v) is 6.89. The maximum absolute atomic E-state index is 10.7. The molecule has 0 aromatic rings. The molecule has 3 heteroatoms. The molecule has 0 radical (unpaired) electrons. The molecular weight excluding hydrogens is 238 g/mol. The predicted octanol–water partition coefficient (Wildman–Crippen LogP) is 3.51. The van der Waals surface area contributed by atoms with Crippen LogP contribution in [0.4, 0.5) is 0 Å². The quantitative estimate of drug-likeness (QED) is 0.684. The first-order valence-electron chi connectivity index (χ1n) is 6.89. The number of amides is 1. The molecule has 0 saturated carbocycles. The summed E-state index contributed by atoms with van der Waals surface area (Å²) in [6.45, 7) is 15.9. The zero-order chi connectivity index (χ0) is 15.3. The van der Waals surface area contributed by atoms with Crippen LogP contribution in [0.2, 0.25) is 0 Å². The van der Waals surface area contributed by atoms with E-state index in [1.807, 2.05) is 13.8 Å². The van der Waals surface area contributed by atoms with E-state index in [2.05, 4.69) is 32.3 Å². The lowest BCUT2D eigenvalue weighted by Crippen LogP contribution is -2.24. The summed E-state index contributed by atoms with van der Waals surface area (Å²) in [6, 6.07) is 0. The molecule has 0 atom stereocenters. The van der Waals surface area contributed by atoms with Gasteiger partial charge in [0.25, 0.3) is 0 Å². The molecule has 0 heterocycles. The highest BCUT2D eigenvalue weighted by Gasteiger charge is 1.97. The van der Waals surface area contributed by atoms with E-state index >= 15 is 0 Å². The minimum absolute atomic E-state index is 0.0938. The van der Waals surface area contributed by atoms with Gasteiger partial charge in [-0.1, -0.05) is 47.3 Å². The molecular formula is C16H29NO2. The maximum atomic E-state index is 10.7. The first kappa shape index (κ1) is 19.9. The number of rotatable bonds is 8. The van der Waals surface area contributed by atoms with Crippen molar-refractivity contribution in [1.82, 2.24) is 5.32 Å². The van der Waals surface area contributed by atoms with Gasteiger partial charge in [0.1, 0.15) is 0 Å². The van der Waals surface area contributed by atoms with Crippen LogP contribution < -0.4 is 5.32 Å². The Morgan fingerprint density at radius 3 is 2.00 bits per heavy atom. The molecule has 110 valence electrons. The van der Waals surface area contributed by atoms with E-state index in [0.717, 1.165) is 19.4 Å². The third-order valence-electron chi connectivity index (χ3n) is 2.30. The maximum Gasteiger partial charge on any atom is 0.243 e. The summed E-state index contributed by atoms with van der Waals surface area (Å²) in [5.41, 5.74) is 0. The Balaban J connectivity index is 0. The summed E-state index contributed by atoms with van der Waals surface area (Å²) in [4.78, 5) is 21.2. The summed E-state index contributed by atoms with van der Waals surface area (Å²) in [7, 11) is 0. The van der Waals surface area contributed by atoms with Gasteiger partial charge in [-0.05, 0) is 30.4 Å². The lowest BCUT2D eigenvalue weighted by atomic mass is 10.1. The molecule has 0 bridgehead atoms. The van der Waals surface area contributed by atoms with Gasteiger partial charge in [-0.2, -0.15) is 0 Å². The number of hydrogen-bond acceptors (Lipinski definition) is 2. The van der Waals surface area contributed by atoms with Crippen LogP contribution in [0.25, 0.3) is 0 Å². The van der Waals surface area contributed by atoms with Crippen LogP contribution in [0.15, 0.2) is 25.3 Å². The van der Waals surface area contributed by atoms with E-state index in [4.69, 9.17) is 0 Å². The van der Waals surface area contributed by atoms with Crippen molar-refractivity contribution < 1.29 is 9.59 Å². The highest BCUT2D eigenvalue weighted by molar-refractivity contribution is 5.88. The number of allylic oxidation sites excluding steroid dienone is 1. The third-order valence-corrected chi connectivity index (χ3v) is 2.30. The van der Waals surface area contributed by atoms with E-state index in [1.54, 1.807) is 0 Å². The van der Waals surface area contributed by atoms with Crippen molar-refractivity contribution in [3.05, 3.63) is 25.3 Å². The van der Waals surface area contributed by atoms with Crippen molar-refractivity contribution in [2.45, 2.75) is 47.0 Å². The summed E-state index contributed by atoms with van der Waals surface area (Å²) in [6.07, 6.45) is 5.49. The van der Waals surface area contributed by atoms with Crippen LogP contribution in [0.1, 0.15) is 47.0 Å². The highest BCUT2D eigenvalue weighted by Crippen LogP contribution is 2.06. The SMILES string of the molecule is C=CC(=O)CCCC(C)C.C=CC(=O)NCC(C)C. The molecule has 0 aromatic heterocycles. The van der Waals surface area contributed by atoms with Gasteiger partial charge in [0.2, 0.25) is 5.91 Å². The standard InChI is InChI=1S/C9H16O.C7H13NO/c1-4-9(10)7-5-6-8(2)3;1-4-7(9)8-5-6(2)3/h4,8H,1,5-7H2,2-3H3;4,6H,1,5H2,2-3H3,(H,8,9). The molecule has 0 unspecified atom stereocenters. The molecule has 0 rings (SSSR count). The Morgan fingerprint density at radius 1 is 1.05 bits per heavy atom. The topological polar surface area (TPSA) is 46.2 Å². The van der Waals surface area contributed by atoms with E-state index in [0.29, 0.717) is 18.3 Å². The van der Waals surface area contributed by atoms with Crippen LogP contribution in [-0.2, 0) is 9.59 Å². The van der Waals surface area contributed by atoms with Crippen LogP contribution in [0.5, 0.6) is 0 Å². The fourth-order valence-electron chi connectivity index (χ4n) is 1.16. The van der Waals surface area contributed by atoms with Crippen molar-refractivity contribution in [1.29, 1.82) is 0 Å². The minimum atomic E-state index is -0.0938. The molecule has 1 N–H and O–H groups in total. The van der Waals surface area contributed by atoms with Crippen LogP contribution in [0.3, 0.4) is 0 Å². The minimum Gasteiger partial charge on any atom is -0.352 e. The molecule has 1 amide bonds. The van der Waals surface area contributed by atoms with Crippen molar-refractivity contribution in [2.24, 2.45) is 11.8 Å². The van der Waals surface area contributed by atoms with Crippen molar-refractivity contribution in [3.63, 3.8) is 0 Å². The highest BCUT2D eigenvalue weighted by atomic mass is 16.1. The van der Waals surface area contributed by atoms with Gasteiger partial charge >= 0.3 is 0 Å². The molecule has 0 fully saturated rings. The fraction of sp³-hybridized carbons (Fsp3) is 0.625. The number of ketones is 1. The second kappa shape index (κ2) is 13.1. The largest absolute Gasteiger partial charge is 0.352 e. The molecule has 0 aliphatic heterocycles. The second-order valence-electron chi connectivity index (χ2n) is 5.30. The molecule has 0 aliphatic rings. The van der Waals surface area contributed by atoms with Gasteiger partial charge in [-0.3, -0.25) is 9.59 Å². The van der Waals surface area contributed by atoms with E-state index in [9.17, 15) is 9.59 Å². The predicted molar refractivity (Wildman–Crippen MR) is 81.9 cm³/mol. The number of hydrogen-bond donors (Lipinski definition) is 1. The Bertz CT molecular complexity index is 280. The Kier molecular flexibility index (Phi) is 13.7. The second-order valence-corrected chi connectivity index (χ2v) is 5.30. The average Bonchev–Trinajstić information content (AvgIpc) is 2.35. The lowest BCUT2D eigenvalue weighted by Gasteiger charge is -2.03. The van der Waals surface area contributed by atoms with Gasteiger partial charge in [-0.25, -0.2) is 0 Å². The summed E-state index contributed by atoms with van der Waals surface area (Å²) >= 11 is 0. The fourth-order valence-corrected chi connectivity index (χ4v) is 1.16. The van der Waals surface area contributed by atoms with Crippen LogP contribution in [0, 0.1) is 11.8 Å². The van der Waals surface area contributed by atoms with Gasteiger partial charge in [0.15, 0.2) is 5.78 Å². The molecule has 0 saturated heterocycles. The van der Waals surface area contributed by atoms with E-state index < -0.39 is 0 Å². The van der Waals surface area contributed by atoms with Crippen LogP contribution in [-0.4, -0.2) is 18.2 Å². The first-order chi connectivity index (χ1) is 8.83. The summed E-state index contributed by atoms with van der Waals surface area (Å²) < 4.78 is 0. The van der Waals surface area contributed by atoms with Crippen molar-refractivity contribution >= 4 is 11.7 Å². The van der Waals surface area contributed by atoms with Crippen molar-refractivity contribution in [2.75, 3.05) is 6.54 Å². The third kappa shape index (κ3) is 19.2. The zero-order valence-electron chi connectivity index (χ0n) is 12.9. The summed E-state index contributed by atoms with van der Waals surface area (Å²) in [5.74, 6) is 1.29. The zero-order valence-corrected chi connectivity index (χ0v) is 12.9. The number of nitrogens with one attached hydrogen (secondary N) is 1. The normalized spacial score (nSPS) is 9.58. The molecule has 3 nitrogen and oxygen atoms in total. The van der Waals surface area contributed by atoms with E-state index in [-0.39, 0.29) is 11.7 Å². The molecule has 19 heavy (non-hydrogen) atoms. The molecule has 0 spiro atoms. The number of carbonyl (C=O) groups is 2. The van der Waals surface area contributed by atoms with Crippen molar-refractivity contribution in [3.8, 4) is 0 Å². The monoisotopic (exact) mass is 267 g/mol. The smallest absolute Gasteiger partial charge is 0.243 e.